The highest BCUT2D eigenvalue weighted by molar-refractivity contribution is 5.85. The summed E-state index contributed by atoms with van der Waals surface area (Å²) in [4.78, 5) is 21.4. The first kappa shape index (κ1) is 16.5. The standard InChI is InChI=1S/C13H13F3N2O3/c14-13(15,16)8-18-12(21)17-7-10-3-1-9(2-4-10)5-6-11(19)20/h1-6H,7-8H2,(H,19,20)(H2,17,18,21)/b6-5+. The minimum Gasteiger partial charge on any atom is -0.478 e. The number of benzene rings is 1. The molecule has 0 heterocycles. The minimum absolute atomic E-state index is 0.0621. The molecule has 114 valence electrons. The molecule has 0 atom stereocenters. The number of hydrogen-bond acceptors (Lipinski definition) is 2. The maximum atomic E-state index is 11.9. The van der Waals surface area contributed by atoms with Crippen LogP contribution in [0.3, 0.4) is 0 Å². The van der Waals surface area contributed by atoms with Gasteiger partial charge in [-0.1, -0.05) is 24.3 Å². The SMILES string of the molecule is O=C(O)/C=C/c1ccc(CNC(=O)NCC(F)(F)F)cc1. The highest BCUT2D eigenvalue weighted by Gasteiger charge is 2.27. The van der Waals surface area contributed by atoms with E-state index in [1.54, 1.807) is 29.6 Å². The topological polar surface area (TPSA) is 78.4 Å². The highest BCUT2D eigenvalue weighted by Crippen LogP contribution is 2.12. The summed E-state index contributed by atoms with van der Waals surface area (Å²) in [6.07, 6.45) is -2.07. The molecular formula is C13H13F3N2O3. The van der Waals surface area contributed by atoms with Gasteiger partial charge in [-0.05, 0) is 17.2 Å². The summed E-state index contributed by atoms with van der Waals surface area (Å²) in [7, 11) is 0. The van der Waals surface area contributed by atoms with Crippen LogP contribution >= 0.6 is 0 Å². The Morgan fingerprint density at radius 2 is 1.76 bits per heavy atom. The lowest BCUT2D eigenvalue weighted by molar-refractivity contribution is -0.131. The molecule has 3 N–H and O–H groups in total. The minimum atomic E-state index is -4.45. The Morgan fingerprint density at radius 1 is 1.14 bits per heavy atom. The molecule has 0 unspecified atom stereocenters. The molecule has 5 nitrogen and oxygen atoms in total. The van der Waals surface area contributed by atoms with E-state index in [1.807, 2.05) is 0 Å². The van der Waals surface area contributed by atoms with Gasteiger partial charge in [0.05, 0.1) is 0 Å². The van der Waals surface area contributed by atoms with Gasteiger partial charge in [0.2, 0.25) is 0 Å². The van der Waals surface area contributed by atoms with Crippen LogP contribution in [0.25, 0.3) is 6.08 Å². The molecular weight excluding hydrogens is 289 g/mol. The van der Waals surface area contributed by atoms with Gasteiger partial charge < -0.3 is 15.7 Å². The average Bonchev–Trinajstić information content (AvgIpc) is 2.41. The predicted molar refractivity (Wildman–Crippen MR) is 69.4 cm³/mol. The Morgan fingerprint density at radius 3 is 2.29 bits per heavy atom. The molecule has 0 spiro atoms. The van der Waals surface area contributed by atoms with Gasteiger partial charge in [0.15, 0.2) is 0 Å². The van der Waals surface area contributed by atoms with Crippen molar-refractivity contribution in [3.05, 3.63) is 41.5 Å². The van der Waals surface area contributed by atoms with Crippen LogP contribution in [-0.2, 0) is 11.3 Å². The van der Waals surface area contributed by atoms with E-state index in [2.05, 4.69) is 5.32 Å². The maximum Gasteiger partial charge on any atom is 0.405 e. The molecule has 0 aliphatic heterocycles. The van der Waals surface area contributed by atoms with E-state index in [1.165, 1.54) is 6.08 Å². The monoisotopic (exact) mass is 302 g/mol. The van der Waals surface area contributed by atoms with Crippen molar-refractivity contribution >= 4 is 18.1 Å². The van der Waals surface area contributed by atoms with Crippen molar-refractivity contribution in [1.82, 2.24) is 10.6 Å². The number of hydrogen-bond donors (Lipinski definition) is 3. The summed E-state index contributed by atoms with van der Waals surface area (Å²) >= 11 is 0. The first-order valence-electron chi connectivity index (χ1n) is 5.85. The van der Waals surface area contributed by atoms with Crippen LogP contribution < -0.4 is 10.6 Å². The van der Waals surface area contributed by atoms with Crippen LogP contribution in [0, 0.1) is 0 Å². The lowest BCUT2D eigenvalue weighted by Gasteiger charge is -2.09. The summed E-state index contributed by atoms with van der Waals surface area (Å²) in [5.74, 6) is -1.07. The third-order valence-corrected chi connectivity index (χ3v) is 2.30. The van der Waals surface area contributed by atoms with E-state index in [0.717, 1.165) is 6.08 Å². The predicted octanol–water partition coefficient (Wildman–Crippen LogP) is 2.15. The molecule has 0 bridgehead atoms. The zero-order chi connectivity index (χ0) is 15.9. The quantitative estimate of drug-likeness (QED) is 0.729. The molecule has 0 aliphatic carbocycles. The van der Waals surface area contributed by atoms with Gasteiger partial charge in [0.25, 0.3) is 0 Å². The molecule has 21 heavy (non-hydrogen) atoms. The third-order valence-electron chi connectivity index (χ3n) is 2.30. The van der Waals surface area contributed by atoms with E-state index in [-0.39, 0.29) is 6.54 Å². The van der Waals surface area contributed by atoms with Crippen molar-refractivity contribution in [2.24, 2.45) is 0 Å². The molecule has 0 radical (unpaired) electrons. The molecule has 0 saturated carbocycles. The number of carbonyl (C=O) groups excluding carboxylic acids is 1. The molecule has 0 saturated heterocycles. The summed E-state index contributed by atoms with van der Waals surface area (Å²) in [5.41, 5.74) is 1.33. The number of urea groups is 1. The Labute approximate surface area is 118 Å². The molecule has 0 fully saturated rings. The molecule has 1 rings (SSSR count). The van der Waals surface area contributed by atoms with Crippen molar-refractivity contribution < 1.29 is 27.9 Å². The number of carboxylic acids is 1. The Balaban J connectivity index is 2.42. The summed E-state index contributed by atoms with van der Waals surface area (Å²) in [6, 6.07) is 5.60. The van der Waals surface area contributed by atoms with Crippen molar-refractivity contribution in [1.29, 1.82) is 0 Å². The number of carboxylic acid groups (broad SMARTS) is 1. The van der Waals surface area contributed by atoms with Crippen molar-refractivity contribution in [2.45, 2.75) is 12.7 Å². The van der Waals surface area contributed by atoms with E-state index >= 15 is 0 Å². The third kappa shape index (κ3) is 7.61. The van der Waals surface area contributed by atoms with Crippen LogP contribution in [0.1, 0.15) is 11.1 Å². The summed E-state index contributed by atoms with van der Waals surface area (Å²) < 4.78 is 35.6. The van der Waals surface area contributed by atoms with Crippen LogP contribution in [0.5, 0.6) is 0 Å². The second-order valence-electron chi connectivity index (χ2n) is 4.06. The van der Waals surface area contributed by atoms with Crippen molar-refractivity contribution in [3.8, 4) is 0 Å². The summed E-state index contributed by atoms with van der Waals surface area (Å²) in [5, 5.41) is 12.4. The van der Waals surface area contributed by atoms with Gasteiger partial charge in [-0.3, -0.25) is 0 Å². The molecule has 8 heteroatoms. The number of nitrogens with one attached hydrogen (secondary N) is 2. The highest BCUT2D eigenvalue weighted by atomic mass is 19.4. The number of aliphatic carboxylic acids is 1. The lowest BCUT2D eigenvalue weighted by atomic mass is 10.1. The fraction of sp³-hybridized carbons (Fsp3) is 0.231. The van der Waals surface area contributed by atoms with Crippen molar-refractivity contribution in [2.75, 3.05) is 6.54 Å². The molecule has 0 aliphatic rings. The lowest BCUT2D eigenvalue weighted by Crippen LogP contribution is -2.40. The van der Waals surface area contributed by atoms with Crippen LogP contribution in [0.2, 0.25) is 0 Å². The number of amides is 2. The normalized spacial score (nSPS) is 11.4. The number of rotatable bonds is 5. The van der Waals surface area contributed by atoms with Gasteiger partial charge in [-0.15, -0.1) is 0 Å². The number of carbonyl (C=O) groups is 2. The van der Waals surface area contributed by atoms with Crippen LogP contribution in [0.4, 0.5) is 18.0 Å². The van der Waals surface area contributed by atoms with E-state index < -0.39 is 24.7 Å². The largest absolute Gasteiger partial charge is 0.478 e. The molecule has 1 aromatic rings. The second-order valence-corrected chi connectivity index (χ2v) is 4.06. The van der Waals surface area contributed by atoms with Crippen LogP contribution in [0.15, 0.2) is 30.3 Å². The zero-order valence-electron chi connectivity index (χ0n) is 10.8. The molecule has 2 amide bonds. The molecule has 1 aromatic carbocycles. The number of halogens is 3. The Kier molecular flexibility index (Phi) is 5.77. The zero-order valence-corrected chi connectivity index (χ0v) is 10.8. The van der Waals surface area contributed by atoms with Gasteiger partial charge in [0.1, 0.15) is 6.54 Å². The number of alkyl halides is 3. The van der Waals surface area contributed by atoms with E-state index in [4.69, 9.17) is 5.11 Å². The summed E-state index contributed by atoms with van der Waals surface area (Å²) in [6.45, 7) is -1.33. The first-order valence-corrected chi connectivity index (χ1v) is 5.85. The smallest absolute Gasteiger partial charge is 0.405 e. The second kappa shape index (κ2) is 7.32. The van der Waals surface area contributed by atoms with E-state index in [0.29, 0.717) is 11.1 Å². The van der Waals surface area contributed by atoms with Gasteiger partial charge in [0, 0.05) is 12.6 Å². The fourth-order valence-electron chi connectivity index (χ4n) is 1.34. The van der Waals surface area contributed by atoms with Gasteiger partial charge in [-0.25, -0.2) is 9.59 Å². The molecule has 0 aromatic heterocycles. The average molecular weight is 302 g/mol. The van der Waals surface area contributed by atoms with Crippen LogP contribution in [-0.4, -0.2) is 29.8 Å². The fourth-order valence-corrected chi connectivity index (χ4v) is 1.34. The maximum absolute atomic E-state index is 11.9. The van der Waals surface area contributed by atoms with Crippen molar-refractivity contribution in [3.63, 3.8) is 0 Å². The Hall–Kier alpha value is -2.51. The van der Waals surface area contributed by atoms with Gasteiger partial charge >= 0.3 is 18.2 Å². The van der Waals surface area contributed by atoms with E-state index in [9.17, 15) is 22.8 Å². The Bertz CT molecular complexity index is 524. The first-order chi connectivity index (χ1) is 9.76. The van der Waals surface area contributed by atoms with Gasteiger partial charge in [-0.2, -0.15) is 13.2 Å².